The van der Waals surface area contributed by atoms with Crippen molar-refractivity contribution >= 4 is 5.78 Å². The predicted octanol–water partition coefficient (Wildman–Crippen LogP) is 2.50. The van der Waals surface area contributed by atoms with Crippen LogP contribution in [0.3, 0.4) is 0 Å². The first-order valence-corrected chi connectivity index (χ1v) is 5.74. The molecule has 1 heterocycles. The van der Waals surface area contributed by atoms with E-state index in [2.05, 4.69) is 6.92 Å². The van der Waals surface area contributed by atoms with Crippen LogP contribution in [0.25, 0.3) is 0 Å². The highest BCUT2D eigenvalue weighted by atomic mass is 16.4. The number of Topliss-reactive ketones (excluding diaryl/α,β-unsaturated/α-hetero) is 1. The van der Waals surface area contributed by atoms with E-state index in [0.717, 1.165) is 30.6 Å². The van der Waals surface area contributed by atoms with E-state index in [1.54, 1.807) is 13.0 Å². The topological polar surface area (TPSA) is 47.3 Å². The first-order valence-electron chi connectivity index (χ1n) is 5.74. The van der Waals surface area contributed by atoms with Crippen molar-refractivity contribution in [2.24, 2.45) is 0 Å². The molecule has 1 aromatic heterocycles. The fourth-order valence-electron chi connectivity index (χ4n) is 1.56. The summed E-state index contributed by atoms with van der Waals surface area (Å²) in [4.78, 5) is 22.0. The van der Waals surface area contributed by atoms with Crippen LogP contribution in [0.1, 0.15) is 44.4 Å². The molecule has 0 aliphatic heterocycles. The number of carbonyl (C=O) groups excluding carboxylic acids is 1. The lowest BCUT2D eigenvalue weighted by Crippen LogP contribution is -2.05. The van der Waals surface area contributed by atoms with Crippen LogP contribution in [0, 0.1) is 0 Å². The van der Waals surface area contributed by atoms with Crippen LogP contribution in [0.4, 0.5) is 0 Å². The largest absolute Gasteiger partial charge is 0.428 e. The summed E-state index contributed by atoms with van der Waals surface area (Å²) in [5, 5.41) is 0. The van der Waals surface area contributed by atoms with Gasteiger partial charge in [0.05, 0.1) is 0 Å². The van der Waals surface area contributed by atoms with Crippen molar-refractivity contribution in [1.29, 1.82) is 0 Å². The number of unbranched alkanes of at least 4 members (excludes halogenated alkanes) is 1. The molecule has 0 spiro atoms. The third-order valence-electron chi connectivity index (χ3n) is 2.51. The van der Waals surface area contributed by atoms with Crippen molar-refractivity contribution in [1.82, 2.24) is 0 Å². The first kappa shape index (κ1) is 12.7. The number of aryl methyl sites for hydroxylation is 2. The van der Waals surface area contributed by atoms with Gasteiger partial charge in [0, 0.05) is 18.9 Å². The van der Waals surface area contributed by atoms with Gasteiger partial charge in [-0.15, -0.1) is 0 Å². The van der Waals surface area contributed by atoms with Gasteiger partial charge in [-0.3, -0.25) is 0 Å². The molecule has 0 amide bonds. The van der Waals surface area contributed by atoms with Gasteiger partial charge in [-0.25, -0.2) is 4.79 Å². The van der Waals surface area contributed by atoms with E-state index in [1.807, 2.05) is 0 Å². The van der Waals surface area contributed by atoms with E-state index in [1.165, 1.54) is 6.07 Å². The quantitative estimate of drug-likeness (QED) is 0.743. The van der Waals surface area contributed by atoms with Gasteiger partial charge in [-0.2, -0.15) is 0 Å². The number of carbonyl (C=O) groups is 1. The molecule has 0 radical (unpaired) electrons. The van der Waals surface area contributed by atoms with E-state index in [4.69, 9.17) is 4.42 Å². The minimum atomic E-state index is -0.308. The molecule has 0 unspecified atom stereocenters. The van der Waals surface area contributed by atoms with Gasteiger partial charge < -0.3 is 9.21 Å². The molecular weight excluding hydrogens is 204 g/mol. The Morgan fingerprint density at radius 2 is 2.06 bits per heavy atom. The second-order valence-corrected chi connectivity index (χ2v) is 4.01. The van der Waals surface area contributed by atoms with Crippen LogP contribution < -0.4 is 5.63 Å². The number of rotatable bonds is 6. The second-order valence-electron chi connectivity index (χ2n) is 4.01. The molecule has 3 nitrogen and oxygen atoms in total. The Labute approximate surface area is 95.5 Å². The molecule has 0 aliphatic carbocycles. The molecule has 1 aromatic rings. The third-order valence-corrected chi connectivity index (χ3v) is 2.51. The van der Waals surface area contributed by atoms with Gasteiger partial charge in [0.15, 0.2) is 0 Å². The summed E-state index contributed by atoms with van der Waals surface area (Å²) in [5.41, 5.74) is 0.681. The molecule has 16 heavy (non-hydrogen) atoms. The molecule has 0 saturated heterocycles. The Balaban J connectivity index is 2.80. The van der Waals surface area contributed by atoms with Crippen LogP contribution in [0.15, 0.2) is 21.3 Å². The third kappa shape index (κ3) is 4.01. The van der Waals surface area contributed by atoms with Gasteiger partial charge >= 0.3 is 5.63 Å². The van der Waals surface area contributed by atoms with Gasteiger partial charge in [0.25, 0.3) is 0 Å². The highest BCUT2D eigenvalue weighted by Crippen LogP contribution is 2.12. The van der Waals surface area contributed by atoms with Crippen LogP contribution in [-0.2, 0) is 17.6 Å². The van der Waals surface area contributed by atoms with Gasteiger partial charge in [-0.1, -0.05) is 13.3 Å². The lowest BCUT2D eigenvalue weighted by Gasteiger charge is -2.05. The molecule has 0 aromatic carbocycles. The van der Waals surface area contributed by atoms with E-state index >= 15 is 0 Å². The normalized spacial score (nSPS) is 10.4. The molecule has 1 rings (SSSR count). The molecule has 88 valence electrons. The maximum absolute atomic E-state index is 11.1. The molecule has 0 atom stereocenters. The summed E-state index contributed by atoms with van der Waals surface area (Å²) in [5.74, 6) is 0.906. The van der Waals surface area contributed by atoms with Crippen LogP contribution in [-0.4, -0.2) is 5.78 Å². The van der Waals surface area contributed by atoms with Crippen LogP contribution in [0.5, 0.6) is 0 Å². The Morgan fingerprint density at radius 1 is 1.31 bits per heavy atom. The summed E-state index contributed by atoms with van der Waals surface area (Å²) >= 11 is 0. The zero-order valence-electron chi connectivity index (χ0n) is 9.91. The highest BCUT2D eigenvalue weighted by molar-refractivity contribution is 5.75. The second kappa shape index (κ2) is 6.26. The average Bonchev–Trinajstić information content (AvgIpc) is 2.24. The SMILES string of the molecule is CCCCc1oc(=O)ccc1CCC(C)=O. The van der Waals surface area contributed by atoms with Crippen molar-refractivity contribution in [2.45, 2.75) is 46.0 Å². The van der Waals surface area contributed by atoms with Crippen LogP contribution in [0.2, 0.25) is 0 Å². The Bertz CT molecular complexity index is 404. The van der Waals surface area contributed by atoms with Gasteiger partial charge in [-0.05, 0) is 31.4 Å². The van der Waals surface area contributed by atoms with Gasteiger partial charge in [0.1, 0.15) is 11.5 Å². The Hall–Kier alpha value is -1.38. The molecular formula is C13H18O3. The smallest absolute Gasteiger partial charge is 0.335 e. The highest BCUT2D eigenvalue weighted by Gasteiger charge is 2.06. The summed E-state index contributed by atoms with van der Waals surface area (Å²) in [6.07, 6.45) is 4.01. The Kier molecular flexibility index (Phi) is 4.96. The minimum Gasteiger partial charge on any atom is -0.428 e. The summed E-state index contributed by atoms with van der Waals surface area (Å²) in [6.45, 7) is 3.67. The van der Waals surface area contributed by atoms with Crippen molar-refractivity contribution < 1.29 is 9.21 Å². The van der Waals surface area contributed by atoms with Crippen LogP contribution >= 0.6 is 0 Å². The molecule has 0 N–H and O–H groups in total. The maximum atomic E-state index is 11.1. The lowest BCUT2D eigenvalue weighted by atomic mass is 10.0. The molecule has 0 aliphatic rings. The standard InChI is InChI=1S/C13H18O3/c1-3-4-5-12-11(7-6-10(2)14)8-9-13(15)16-12/h8-9H,3-7H2,1-2H3. The van der Waals surface area contributed by atoms with Crippen molar-refractivity contribution in [2.75, 3.05) is 0 Å². The molecule has 0 fully saturated rings. The number of hydrogen-bond donors (Lipinski definition) is 0. The average molecular weight is 222 g/mol. The molecule has 0 bridgehead atoms. The van der Waals surface area contributed by atoms with Crippen molar-refractivity contribution in [3.63, 3.8) is 0 Å². The zero-order valence-corrected chi connectivity index (χ0v) is 9.91. The van der Waals surface area contributed by atoms with E-state index in [0.29, 0.717) is 12.8 Å². The zero-order chi connectivity index (χ0) is 12.0. The fourth-order valence-corrected chi connectivity index (χ4v) is 1.56. The van der Waals surface area contributed by atoms with E-state index < -0.39 is 0 Å². The van der Waals surface area contributed by atoms with E-state index in [9.17, 15) is 9.59 Å². The van der Waals surface area contributed by atoms with E-state index in [-0.39, 0.29) is 11.4 Å². The number of hydrogen-bond acceptors (Lipinski definition) is 3. The number of ketones is 1. The molecule has 3 heteroatoms. The predicted molar refractivity (Wildman–Crippen MR) is 62.6 cm³/mol. The minimum absolute atomic E-state index is 0.160. The first-order chi connectivity index (χ1) is 7.63. The van der Waals surface area contributed by atoms with Crippen molar-refractivity contribution in [3.05, 3.63) is 33.9 Å². The lowest BCUT2D eigenvalue weighted by molar-refractivity contribution is -0.116. The maximum Gasteiger partial charge on any atom is 0.335 e. The summed E-state index contributed by atoms with van der Waals surface area (Å²) in [6, 6.07) is 3.20. The Morgan fingerprint density at radius 3 is 2.69 bits per heavy atom. The summed E-state index contributed by atoms with van der Waals surface area (Å²) < 4.78 is 5.18. The molecule has 0 saturated carbocycles. The fraction of sp³-hybridized carbons (Fsp3) is 0.538. The van der Waals surface area contributed by atoms with Crippen molar-refractivity contribution in [3.8, 4) is 0 Å². The summed E-state index contributed by atoms with van der Waals surface area (Å²) in [7, 11) is 0. The van der Waals surface area contributed by atoms with Gasteiger partial charge in [0.2, 0.25) is 0 Å². The monoisotopic (exact) mass is 222 g/mol.